The summed E-state index contributed by atoms with van der Waals surface area (Å²) in [4.78, 5) is 0. The summed E-state index contributed by atoms with van der Waals surface area (Å²) in [5.41, 5.74) is 7.12. The molecule has 1 aliphatic carbocycles. The Balaban J connectivity index is 2.07. The minimum Gasteiger partial charge on any atom is -0.316 e. The minimum atomic E-state index is 0.948. The molecule has 0 amide bonds. The summed E-state index contributed by atoms with van der Waals surface area (Å²) in [6.07, 6.45) is 1.09. The van der Waals surface area contributed by atoms with Crippen molar-refractivity contribution in [1.82, 2.24) is 5.32 Å². The first-order valence-corrected chi connectivity index (χ1v) is 5.73. The fraction of sp³-hybridized carbons (Fsp3) is 0.200. The number of rotatable bonds is 2. The van der Waals surface area contributed by atoms with Crippen LogP contribution >= 0.6 is 0 Å². The van der Waals surface area contributed by atoms with Crippen LogP contribution in [0.4, 0.5) is 0 Å². The second-order valence-electron chi connectivity index (χ2n) is 4.36. The van der Waals surface area contributed by atoms with Crippen molar-refractivity contribution in [2.75, 3.05) is 7.05 Å². The zero-order chi connectivity index (χ0) is 11.0. The van der Waals surface area contributed by atoms with E-state index in [9.17, 15) is 0 Å². The molecule has 0 bridgehead atoms. The first-order valence-electron chi connectivity index (χ1n) is 5.73. The monoisotopic (exact) mass is 209 g/mol. The smallest absolute Gasteiger partial charge is 0.0202 e. The maximum Gasteiger partial charge on any atom is 0.0202 e. The van der Waals surface area contributed by atoms with Crippen molar-refractivity contribution < 1.29 is 0 Å². The highest BCUT2D eigenvalue weighted by atomic mass is 14.8. The molecule has 0 spiro atoms. The van der Waals surface area contributed by atoms with E-state index in [2.05, 4.69) is 47.8 Å². The zero-order valence-corrected chi connectivity index (χ0v) is 9.46. The molecule has 2 aromatic carbocycles. The molecule has 0 saturated carbocycles. The maximum atomic E-state index is 3.20. The van der Waals surface area contributed by atoms with E-state index in [-0.39, 0.29) is 0 Å². The topological polar surface area (TPSA) is 12.0 Å². The molecule has 0 atom stereocenters. The molecule has 0 radical (unpaired) electrons. The van der Waals surface area contributed by atoms with Crippen molar-refractivity contribution in [3.8, 4) is 11.1 Å². The Kier molecular flexibility index (Phi) is 2.26. The summed E-state index contributed by atoms with van der Waals surface area (Å²) in [6, 6.07) is 15.5. The Hall–Kier alpha value is -1.60. The van der Waals surface area contributed by atoms with Gasteiger partial charge in [0.05, 0.1) is 0 Å². The van der Waals surface area contributed by atoms with Gasteiger partial charge in [-0.2, -0.15) is 0 Å². The van der Waals surface area contributed by atoms with Gasteiger partial charge in [0, 0.05) is 6.54 Å². The van der Waals surface area contributed by atoms with Crippen LogP contribution in [0.15, 0.2) is 42.5 Å². The molecule has 0 aliphatic heterocycles. The number of fused-ring (bicyclic) bond motifs is 3. The Labute approximate surface area is 96.1 Å². The van der Waals surface area contributed by atoms with Gasteiger partial charge in [0.25, 0.3) is 0 Å². The molecule has 0 fully saturated rings. The summed E-state index contributed by atoms with van der Waals surface area (Å²) >= 11 is 0. The van der Waals surface area contributed by atoms with Crippen molar-refractivity contribution in [1.29, 1.82) is 0 Å². The molecule has 16 heavy (non-hydrogen) atoms. The fourth-order valence-corrected chi connectivity index (χ4v) is 2.51. The standard InChI is InChI=1S/C15H15N/c1-16-10-11-6-7-15-13(8-11)9-12-4-2-3-5-14(12)15/h2-8,16H,9-10H2,1H3. The molecule has 80 valence electrons. The first kappa shape index (κ1) is 9.61. The molecule has 1 nitrogen and oxygen atoms in total. The minimum absolute atomic E-state index is 0.948. The molecule has 2 aromatic rings. The molecular formula is C15H15N. The molecule has 1 aliphatic rings. The summed E-state index contributed by atoms with van der Waals surface area (Å²) in [5, 5.41) is 3.20. The molecule has 3 rings (SSSR count). The van der Waals surface area contributed by atoms with Crippen LogP contribution < -0.4 is 5.32 Å². The average molecular weight is 209 g/mol. The highest BCUT2D eigenvalue weighted by molar-refractivity contribution is 5.76. The molecule has 0 unspecified atom stereocenters. The SMILES string of the molecule is CNCc1ccc2c(c1)Cc1ccccc1-2. The lowest BCUT2D eigenvalue weighted by atomic mass is 10.0. The van der Waals surface area contributed by atoms with Crippen molar-refractivity contribution in [2.24, 2.45) is 0 Å². The molecule has 0 aromatic heterocycles. The van der Waals surface area contributed by atoms with Crippen molar-refractivity contribution >= 4 is 0 Å². The van der Waals surface area contributed by atoms with Crippen LogP contribution in [0.3, 0.4) is 0 Å². The Bertz CT molecular complexity index is 529. The summed E-state index contributed by atoms with van der Waals surface area (Å²) < 4.78 is 0. The van der Waals surface area contributed by atoms with Gasteiger partial charge in [0.2, 0.25) is 0 Å². The van der Waals surface area contributed by atoms with E-state index in [1.165, 1.54) is 27.8 Å². The lowest BCUT2D eigenvalue weighted by molar-refractivity contribution is 0.817. The van der Waals surface area contributed by atoms with Crippen LogP contribution in [-0.2, 0) is 13.0 Å². The lowest BCUT2D eigenvalue weighted by Crippen LogP contribution is -2.05. The van der Waals surface area contributed by atoms with Crippen molar-refractivity contribution in [3.05, 3.63) is 59.2 Å². The Morgan fingerprint density at radius 1 is 1.00 bits per heavy atom. The second kappa shape index (κ2) is 3.76. The van der Waals surface area contributed by atoms with E-state index in [1.807, 2.05) is 7.05 Å². The van der Waals surface area contributed by atoms with Crippen LogP contribution in [-0.4, -0.2) is 7.05 Å². The quantitative estimate of drug-likeness (QED) is 0.684. The summed E-state index contributed by atoms with van der Waals surface area (Å²) in [6.45, 7) is 0.948. The van der Waals surface area contributed by atoms with Crippen molar-refractivity contribution in [2.45, 2.75) is 13.0 Å². The van der Waals surface area contributed by atoms with Crippen LogP contribution in [0, 0.1) is 0 Å². The zero-order valence-electron chi connectivity index (χ0n) is 9.46. The van der Waals surface area contributed by atoms with Gasteiger partial charge in [-0.3, -0.25) is 0 Å². The highest BCUT2D eigenvalue weighted by Gasteiger charge is 2.17. The number of nitrogens with one attached hydrogen (secondary N) is 1. The van der Waals surface area contributed by atoms with Crippen LogP contribution in [0.25, 0.3) is 11.1 Å². The molecular weight excluding hydrogens is 194 g/mol. The molecule has 1 N–H and O–H groups in total. The van der Waals surface area contributed by atoms with E-state index in [4.69, 9.17) is 0 Å². The van der Waals surface area contributed by atoms with Gasteiger partial charge in [0.1, 0.15) is 0 Å². The van der Waals surface area contributed by atoms with Crippen LogP contribution in [0.2, 0.25) is 0 Å². The third kappa shape index (κ3) is 1.44. The van der Waals surface area contributed by atoms with Crippen molar-refractivity contribution in [3.63, 3.8) is 0 Å². The van der Waals surface area contributed by atoms with Gasteiger partial charge >= 0.3 is 0 Å². The Morgan fingerprint density at radius 2 is 1.81 bits per heavy atom. The second-order valence-corrected chi connectivity index (χ2v) is 4.36. The predicted octanol–water partition coefficient (Wildman–Crippen LogP) is 2.98. The van der Waals surface area contributed by atoms with E-state index < -0.39 is 0 Å². The van der Waals surface area contributed by atoms with Gasteiger partial charge in [-0.05, 0) is 41.3 Å². The van der Waals surface area contributed by atoms with Gasteiger partial charge in [-0.25, -0.2) is 0 Å². The van der Waals surface area contributed by atoms with Gasteiger partial charge in [-0.1, -0.05) is 42.5 Å². The van der Waals surface area contributed by atoms with Crippen LogP contribution in [0.1, 0.15) is 16.7 Å². The highest BCUT2D eigenvalue weighted by Crippen LogP contribution is 2.36. The maximum absolute atomic E-state index is 3.20. The molecule has 1 heteroatoms. The first-order chi connectivity index (χ1) is 7.88. The Morgan fingerprint density at radius 3 is 2.69 bits per heavy atom. The normalized spacial score (nSPS) is 12.3. The van der Waals surface area contributed by atoms with Crippen LogP contribution in [0.5, 0.6) is 0 Å². The third-order valence-corrected chi connectivity index (χ3v) is 3.24. The lowest BCUT2D eigenvalue weighted by Gasteiger charge is -2.04. The fourth-order valence-electron chi connectivity index (χ4n) is 2.51. The number of benzene rings is 2. The third-order valence-electron chi connectivity index (χ3n) is 3.24. The largest absolute Gasteiger partial charge is 0.316 e. The number of hydrogen-bond acceptors (Lipinski definition) is 1. The van der Waals surface area contributed by atoms with Gasteiger partial charge in [0.15, 0.2) is 0 Å². The predicted molar refractivity (Wildman–Crippen MR) is 67.4 cm³/mol. The summed E-state index contributed by atoms with van der Waals surface area (Å²) in [5.74, 6) is 0. The van der Waals surface area contributed by atoms with Gasteiger partial charge in [-0.15, -0.1) is 0 Å². The summed E-state index contributed by atoms with van der Waals surface area (Å²) in [7, 11) is 1.99. The average Bonchev–Trinajstić information content (AvgIpc) is 2.67. The number of hydrogen-bond donors (Lipinski definition) is 1. The van der Waals surface area contributed by atoms with E-state index in [0.29, 0.717) is 0 Å². The van der Waals surface area contributed by atoms with E-state index in [0.717, 1.165) is 13.0 Å². The van der Waals surface area contributed by atoms with E-state index in [1.54, 1.807) is 0 Å². The molecule has 0 heterocycles. The van der Waals surface area contributed by atoms with E-state index >= 15 is 0 Å². The van der Waals surface area contributed by atoms with Gasteiger partial charge < -0.3 is 5.32 Å². The molecule has 0 saturated heterocycles.